The van der Waals surface area contributed by atoms with Crippen molar-refractivity contribution in [1.82, 2.24) is 5.32 Å². The first kappa shape index (κ1) is 45.0. The molecule has 4 aliphatic carbocycles. The van der Waals surface area contributed by atoms with Crippen LogP contribution < -0.4 is 5.32 Å². The van der Waals surface area contributed by atoms with Gasteiger partial charge in [-0.25, -0.2) is 9.59 Å². The average molecular weight is 854 g/mol. The number of carbonyl (C=O) groups excluding carboxylic acids is 6. The summed E-state index contributed by atoms with van der Waals surface area (Å²) in [5, 5.41) is 39.4. The van der Waals surface area contributed by atoms with Crippen molar-refractivity contribution in [3.63, 3.8) is 0 Å². The molecule has 2 bridgehead atoms. The first-order valence-electron chi connectivity index (χ1n) is 20.4. The lowest BCUT2D eigenvalue weighted by Crippen LogP contribution is -2.78. The molecule has 0 saturated heterocycles. The fraction of sp³-hybridized carbons (Fsp3) is 0.591. The molecule has 1 amide bonds. The van der Waals surface area contributed by atoms with Crippen molar-refractivity contribution in [1.29, 1.82) is 0 Å². The number of unbranched alkanes of at least 4 members (excludes halogenated alkanes) is 1. The van der Waals surface area contributed by atoms with Gasteiger partial charge in [-0.05, 0) is 74.9 Å². The van der Waals surface area contributed by atoms with Gasteiger partial charge in [0, 0.05) is 37.4 Å². The van der Waals surface area contributed by atoms with Gasteiger partial charge in [0.15, 0.2) is 18.0 Å². The van der Waals surface area contributed by atoms with Crippen LogP contribution in [0.1, 0.15) is 109 Å². The van der Waals surface area contributed by atoms with Crippen molar-refractivity contribution in [2.75, 3.05) is 5.75 Å². The van der Waals surface area contributed by atoms with Crippen LogP contribution in [0.15, 0.2) is 64.3 Å². The average Bonchev–Trinajstić information content (AvgIpc) is 3.73. The van der Waals surface area contributed by atoms with Gasteiger partial charge < -0.3 is 44.0 Å². The molecule has 326 valence electrons. The van der Waals surface area contributed by atoms with Crippen molar-refractivity contribution >= 4 is 46.7 Å². The number of esters is 4. The van der Waals surface area contributed by atoms with Crippen LogP contribution in [-0.4, -0.2) is 97.7 Å². The van der Waals surface area contributed by atoms with Crippen LogP contribution >= 0.6 is 11.8 Å². The molecule has 0 spiro atoms. The highest BCUT2D eigenvalue weighted by atomic mass is 32.2. The molecule has 3 saturated carbocycles. The van der Waals surface area contributed by atoms with E-state index in [0.717, 1.165) is 31.5 Å². The molecule has 6 rings (SSSR count). The zero-order chi connectivity index (χ0) is 43.9. The molecule has 1 aromatic heterocycles. The molecule has 4 aliphatic rings. The third-order valence-electron chi connectivity index (χ3n) is 13.4. The lowest BCUT2D eigenvalue weighted by atomic mass is 9.41. The summed E-state index contributed by atoms with van der Waals surface area (Å²) in [5.74, 6) is -5.90. The molecular weight excluding hydrogens is 799 g/mol. The van der Waals surface area contributed by atoms with Crippen LogP contribution in [0.2, 0.25) is 0 Å². The van der Waals surface area contributed by atoms with Crippen molar-refractivity contribution in [3.05, 3.63) is 71.2 Å². The first-order chi connectivity index (χ1) is 28.2. The van der Waals surface area contributed by atoms with Crippen LogP contribution in [0.4, 0.5) is 4.79 Å². The molecule has 0 unspecified atom stereocenters. The lowest BCUT2D eigenvalue weighted by Gasteiger charge is -2.68. The number of Topliss-reactive ketones (excluding diaryl/α,β-unsaturated/α-hetero) is 1. The molecule has 1 aromatic carbocycles. The maximum atomic E-state index is 15.5. The Kier molecular flexibility index (Phi) is 12.8. The number of ether oxygens (including phenoxy) is 4. The van der Waals surface area contributed by atoms with E-state index in [1.165, 1.54) is 51.3 Å². The van der Waals surface area contributed by atoms with Crippen molar-refractivity contribution in [3.8, 4) is 0 Å². The smallest absolute Gasteiger partial charge is 0.338 e. The number of aliphatic hydroxyl groups excluding tert-OH is 2. The summed E-state index contributed by atoms with van der Waals surface area (Å²) in [6, 6.07) is 9.53. The van der Waals surface area contributed by atoms with Gasteiger partial charge in [-0.2, -0.15) is 0 Å². The second kappa shape index (κ2) is 17.1. The highest BCUT2D eigenvalue weighted by Crippen LogP contribution is 2.67. The maximum absolute atomic E-state index is 15.5. The van der Waals surface area contributed by atoms with Crippen LogP contribution in [0.5, 0.6) is 0 Å². The minimum atomic E-state index is -2.33. The minimum Gasteiger partial charge on any atom is -0.467 e. The molecule has 4 N–H and O–H groups in total. The third-order valence-corrected chi connectivity index (χ3v) is 14.3. The van der Waals surface area contributed by atoms with Crippen LogP contribution in [0.25, 0.3) is 0 Å². The van der Waals surface area contributed by atoms with E-state index >= 15 is 4.79 Å². The van der Waals surface area contributed by atoms with Gasteiger partial charge in [0.05, 0.1) is 29.3 Å². The Hall–Kier alpha value is -4.51. The van der Waals surface area contributed by atoms with Gasteiger partial charge in [0.25, 0.3) is 5.24 Å². The number of hydrogen-bond donors (Lipinski definition) is 4. The van der Waals surface area contributed by atoms with Crippen molar-refractivity contribution in [2.45, 2.75) is 135 Å². The molecule has 1 heterocycles. The zero-order valence-electron chi connectivity index (χ0n) is 34.9. The van der Waals surface area contributed by atoms with Crippen molar-refractivity contribution in [2.24, 2.45) is 22.7 Å². The van der Waals surface area contributed by atoms with Crippen LogP contribution in [-0.2, 0) is 38.1 Å². The summed E-state index contributed by atoms with van der Waals surface area (Å²) in [6.45, 7) is 10.4. The van der Waals surface area contributed by atoms with Gasteiger partial charge in [0.1, 0.15) is 35.2 Å². The van der Waals surface area contributed by atoms with Gasteiger partial charge in [-0.3, -0.25) is 19.2 Å². The Bertz CT molecular complexity index is 2020. The van der Waals surface area contributed by atoms with E-state index in [4.69, 9.17) is 23.4 Å². The predicted molar refractivity (Wildman–Crippen MR) is 215 cm³/mol. The predicted octanol–water partition coefficient (Wildman–Crippen LogP) is 5.15. The Labute approximate surface area is 352 Å². The number of amides is 1. The highest BCUT2D eigenvalue weighted by molar-refractivity contribution is 8.13. The maximum Gasteiger partial charge on any atom is 0.338 e. The normalized spacial score (nSPS) is 32.7. The van der Waals surface area contributed by atoms with Gasteiger partial charge in [-0.1, -0.05) is 57.2 Å². The Balaban J connectivity index is 1.52. The summed E-state index contributed by atoms with van der Waals surface area (Å²) >= 11 is 0.973. The van der Waals surface area contributed by atoms with E-state index in [0.29, 0.717) is 12.2 Å². The Morgan fingerprint density at radius 3 is 2.28 bits per heavy atom. The van der Waals surface area contributed by atoms with Gasteiger partial charge in [-0.15, -0.1) is 0 Å². The summed E-state index contributed by atoms with van der Waals surface area (Å²) in [4.78, 5) is 82.7. The van der Waals surface area contributed by atoms with E-state index in [2.05, 4.69) is 5.32 Å². The second-order valence-corrected chi connectivity index (χ2v) is 18.3. The summed E-state index contributed by atoms with van der Waals surface area (Å²) < 4.78 is 30.0. The molecule has 16 heteroatoms. The number of hydrogen-bond acceptors (Lipinski definition) is 15. The summed E-state index contributed by atoms with van der Waals surface area (Å²) in [7, 11) is 0. The van der Waals surface area contributed by atoms with Crippen LogP contribution in [0.3, 0.4) is 0 Å². The fourth-order valence-electron chi connectivity index (χ4n) is 10.2. The third kappa shape index (κ3) is 7.68. The molecular formula is C44H55NO14S. The number of aliphatic hydroxyl groups is 3. The topological polar surface area (TPSA) is 225 Å². The quantitative estimate of drug-likeness (QED) is 0.0938. The standard InChI is InChI=1S/C44H55NO14S/c1-8-9-20-60-40(53)45-32(28-16-13-19-55-28)33(49)39(52)57-29-22-44(54)37(58-38(51)26-14-11-10-12-15-26)35-42(7,30(48)21-27-17-18-43(27,35)59-25(4)47)36(50)34(56-24(3)46)31(23(29)2)41(44,5)6/h10-16,19,27,29-30,32-35,37,48-49,54H,8-9,17-18,20-22H2,1-7H3,(H,45,53)/t27-,29+,30+,32+,33-,34-,35+,37+,42-,43+,44-/m1/s1. The molecule has 2 aromatic rings. The summed E-state index contributed by atoms with van der Waals surface area (Å²) in [6.07, 6.45) is -5.38. The van der Waals surface area contributed by atoms with E-state index in [9.17, 15) is 39.3 Å². The molecule has 15 nitrogen and oxygen atoms in total. The lowest BCUT2D eigenvalue weighted by molar-refractivity contribution is -0.296. The number of nitrogens with one attached hydrogen (secondary N) is 1. The van der Waals surface area contributed by atoms with Gasteiger partial charge >= 0.3 is 23.9 Å². The van der Waals surface area contributed by atoms with E-state index in [-0.39, 0.29) is 35.3 Å². The first-order valence-corrected chi connectivity index (χ1v) is 21.4. The molecule has 0 radical (unpaired) electrons. The number of benzene rings is 1. The number of ketones is 1. The highest BCUT2D eigenvalue weighted by Gasteiger charge is 2.77. The Morgan fingerprint density at radius 1 is 1.00 bits per heavy atom. The number of rotatable bonds is 12. The Morgan fingerprint density at radius 2 is 1.70 bits per heavy atom. The molecule has 60 heavy (non-hydrogen) atoms. The SMILES string of the molecule is CCCCSC(=O)N[C@@H](c1ccco1)[C@@H](O)C(=O)O[C@H]1C[C@@]2(O)[C@@H](OC(=O)c3ccccc3)[C@@H]3[C@]4(OC(C)=O)CC[C@@H]4C[C@H](O)[C@@]3(C)C(=O)[C@H](OC(C)=O)C(=C1C)C2(C)C. The fourth-order valence-corrected chi connectivity index (χ4v) is 11.0. The largest absolute Gasteiger partial charge is 0.467 e. The minimum absolute atomic E-state index is 0.0145. The van der Waals surface area contributed by atoms with Crippen LogP contribution in [0, 0.1) is 22.7 Å². The monoisotopic (exact) mass is 853 g/mol. The number of furan rings is 1. The zero-order valence-corrected chi connectivity index (χ0v) is 35.7. The molecule has 0 aliphatic heterocycles. The van der Waals surface area contributed by atoms with Crippen molar-refractivity contribution < 1.29 is 67.5 Å². The molecule has 3 fully saturated rings. The summed E-state index contributed by atoms with van der Waals surface area (Å²) in [5.41, 5.74) is -7.15. The number of thioether (sulfide) groups is 1. The number of fused-ring (bicyclic) bond motifs is 5. The molecule has 11 atom stereocenters. The van der Waals surface area contributed by atoms with Gasteiger partial charge in [0.2, 0.25) is 0 Å². The van der Waals surface area contributed by atoms with E-state index in [1.807, 2.05) is 6.92 Å². The number of carbonyl (C=O) groups is 6. The van der Waals surface area contributed by atoms with E-state index < -0.39 is 112 Å². The van der Waals surface area contributed by atoms with E-state index in [1.54, 1.807) is 32.0 Å². The second-order valence-electron chi connectivity index (χ2n) is 17.2.